The third-order valence-corrected chi connectivity index (χ3v) is 4.92. The van der Waals surface area contributed by atoms with E-state index in [4.69, 9.17) is 10.5 Å². The summed E-state index contributed by atoms with van der Waals surface area (Å²) in [6.45, 7) is 3.81. The molecule has 1 atom stereocenters. The van der Waals surface area contributed by atoms with Gasteiger partial charge in [-0.3, -0.25) is 4.79 Å². The van der Waals surface area contributed by atoms with Gasteiger partial charge in [0.1, 0.15) is 10.6 Å². The molecule has 0 saturated heterocycles. The van der Waals surface area contributed by atoms with Crippen LogP contribution in [-0.4, -0.2) is 10.9 Å². The minimum absolute atomic E-state index is 0.509. The van der Waals surface area contributed by atoms with Gasteiger partial charge < -0.3 is 10.5 Å². The fourth-order valence-corrected chi connectivity index (χ4v) is 3.40. The summed E-state index contributed by atoms with van der Waals surface area (Å²) >= 11 is 1.56. The van der Waals surface area contributed by atoms with Gasteiger partial charge in [0.05, 0.1) is 10.2 Å². The number of nitrogens with zero attached hydrogens (tertiary/aromatic N) is 1. The molecule has 1 heterocycles. The molecule has 1 amide bonds. The lowest BCUT2D eigenvalue weighted by Gasteiger charge is -2.27. The van der Waals surface area contributed by atoms with E-state index in [1.165, 1.54) is 0 Å². The van der Waals surface area contributed by atoms with E-state index in [0.29, 0.717) is 0 Å². The van der Waals surface area contributed by atoms with Crippen molar-refractivity contribution in [2.24, 2.45) is 5.73 Å². The zero-order valence-corrected chi connectivity index (χ0v) is 13.8. The quantitative estimate of drug-likeness (QED) is 0.776. The maximum atomic E-state index is 11.9. The highest BCUT2D eigenvalue weighted by Gasteiger charge is 2.32. The van der Waals surface area contributed by atoms with E-state index in [1.54, 1.807) is 11.3 Å². The molecule has 3 rings (SSSR count). The average molecular weight is 326 g/mol. The molecule has 0 spiro atoms. The highest BCUT2D eigenvalue weighted by Crippen LogP contribution is 2.36. The fraction of sp³-hybridized carbons (Fsp3) is 0.222. The van der Waals surface area contributed by atoms with E-state index in [9.17, 15) is 4.79 Å². The Bertz CT molecular complexity index is 794. The first-order valence-corrected chi connectivity index (χ1v) is 8.17. The number of primary amides is 1. The van der Waals surface area contributed by atoms with Gasteiger partial charge in [0.2, 0.25) is 0 Å². The summed E-state index contributed by atoms with van der Waals surface area (Å²) in [7, 11) is 0. The highest BCUT2D eigenvalue weighted by molar-refractivity contribution is 7.18. The Labute approximate surface area is 138 Å². The van der Waals surface area contributed by atoms with Crippen molar-refractivity contribution in [3.63, 3.8) is 0 Å². The second-order valence-corrected chi connectivity index (χ2v) is 6.84. The molecule has 3 aromatic rings. The number of thiazole rings is 1. The van der Waals surface area contributed by atoms with Gasteiger partial charge in [-0.15, -0.1) is 11.3 Å². The first-order chi connectivity index (χ1) is 11.0. The largest absolute Gasteiger partial charge is 0.367 e. The minimum Gasteiger partial charge on any atom is -0.367 e. The van der Waals surface area contributed by atoms with Crippen molar-refractivity contribution >= 4 is 27.5 Å². The number of hydrogen-bond donors (Lipinski definition) is 1. The number of nitrogens with two attached hydrogens (primary N) is 1. The number of benzene rings is 2. The van der Waals surface area contributed by atoms with Gasteiger partial charge in [-0.2, -0.15) is 0 Å². The standard InChI is InChI=1S/C18H18N2O2S/c1-18(2,17-20-13-10-6-7-11-14(13)23-17)22-15(16(19)21)12-8-4-3-5-9-12/h3-11,15H,1-2H3,(H2,19,21). The summed E-state index contributed by atoms with van der Waals surface area (Å²) in [6, 6.07) is 17.2. The molecular weight excluding hydrogens is 308 g/mol. The lowest BCUT2D eigenvalue weighted by atomic mass is 10.1. The Balaban J connectivity index is 1.93. The third kappa shape index (κ3) is 3.25. The smallest absolute Gasteiger partial charge is 0.251 e. The maximum Gasteiger partial charge on any atom is 0.251 e. The van der Waals surface area contributed by atoms with Crippen molar-refractivity contribution in [2.45, 2.75) is 25.6 Å². The molecule has 0 radical (unpaired) electrons. The number of carbonyl (C=O) groups is 1. The van der Waals surface area contributed by atoms with Crippen LogP contribution in [-0.2, 0) is 15.1 Å². The number of ether oxygens (including phenoxy) is 1. The molecule has 118 valence electrons. The summed E-state index contributed by atoms with van der Waals surface area (Å²) in [6.07, 6.45) is -0.807. The number of para-hydroxylation sites is 1. The first-order valence-electron chi connectivity index (χ1n) is 7.35. The van der Waals surface area contributed by atoms with Gasteiger partial charge in [-0.25, -0.2) is 4.98 Å². The molecule has 0 aliphatic heterocycles. The predicted molar refractivity (Wildman–Crippen MR) is 92.1 cm³/mol. The third-order valence-electron chi connectivity index (χ3n) is 3.58. The van der Waals surface area contributed by atoms with Crippen molar-refractivity contribution in [1.82, 2.24) is 4.98 Å². The van der Waals surface area contributed by atoms with Crippen molar-refractivity contribution in [3.05, 3.63) is 65.2 Å². The molecule has 23 heavy (non-hydrogen) atoms. The summed E-state index contributed by atoms with van der Waals surface area (Å²) in [4.78, 5) is 16.5. The maximum absolute atomic E-state index is 11.9. The van der Waals surface area contributed by atoms with E-state index < -0.39 is 17.6 Å². The van der Waals surface area contributed by atoms with Crippen LogP contribution < -0.4 is 5.73 Å². The van der Waals surface area contributed by atoms with Gasteiger partial charge in [0.25, 0.3) is 5.91 Å². The van der Waals surface area contributed by atoms with E-state index in [1.807, 2.05) is 68.4 Å². The van der Waals surface area contributed by atoms with Gasteiger partial charge in [-0.1, -0.05) is 42.5 Å². The first kappa shape index (κ1) is 15.6. The van der Waals surface area contributed by atoms with Crippen molar-refractivity contribution < 1.29 is 9.53 Å². The SMILES string of the molecule is CC(C)(OC(C(N)=O)c1ccccc1)c1nc2ccccc2s1. The van der Waals surface area contributed by atoms with E-state index in [2.05, 4.69) is 4.98 Å². The topological polar surface area (TPSA) is 65.2 Å². The van der Waals surface area contributed by atoms with Gasteiger partial charge >= 0.3 is 0 Å². The average Bonchev–Trinajstić information content (AvgIpc) is 2.98. The van der Waals surface area contributed by atoms with Gasteiger partial charge in [0.15, 0.2) is 6.10 Å². The molecule has 0 aliphatic carbocycles. The molecule has 1 unspecified atom stereocenters. The van der Waals surface area contributed by atoms with Crippen molar-refractivity contribution in [1.29, 1.82) is 0 Å². The Kier molecular flexibility index (Phi) is 4.15. The number of rotatable bonds is 5. The van der Waals surface area contributed by atoms with Crippen LogP contribution in [0.2, 0.25) is 0 Å². The van der Waals surface area contributed by atoms with Crippen LogP contribution in [0.1, 0.15) is 30.5 Å². The van der Waals surface area contributed by atoms with Crippen LogP contribution in [0, 0.1) is 0 Å². The van der Waals surface area contributed by atoms with Crippen LogP contribution >= 0.6 is 11.3 Å². The molecule has 5 heteroatoms. The molecule has 0 bridgehead atoms. The summed E-state index contributed by atoms with van der Waals surface area (Å²) in [5.74, 6) is -0.509. The number of carbonyl (C=O) groups excluding carboxylic acids is 1. The summed E-state index contributed by atoms with van der Waals surface area (Å²) in [5, 5.41) is 0.820. The highest BCUT2D eigenvalue weighted by atomic mass is 32.1. The number of fused-ring (bicyclic) bond motifs is 1. The van der Waals surface area contributed by atoms with Crippen LogP contribution in [0.5, 0.6) is 0 Å². The summed E-state index contributed by atoms with van der Waals surface area (Å²) < 4.78 is 7.17. The number of aromatic nitrogens is 1. The fourth-order valence-electron chi connectivity index (χ4n) is 2.39. The molecule has 1 aromatic heterocycles. The van der Waals surface area contributed by atoms with E-state index in [-0.39, 0.29) is 0 Å². The molecule has 2 N–H and O–H groups in total. The lowest BCUT2D eigenvalue weighted by Crippen LogP contribution is -2.31. The zero-order valence-electron chi connectivity index (χ0n) is 13.0. The van der Waals surface area contributed by atoms with Crippen LogP contribution in [0.4, 0.5) is 0 Å². The van der Waals surface area contributed by atoms with Crippen molar-refractivity contribution in [3.8, 4) is 0 Å². The van der Waals surface area contributed by atoms with Gasteiger partial charge in [-0.05, 0) is 31.5 Å². The van der Waals surface area contributed by atoms with E-state index in [0.717, 1.165) is 20.8 Å². The molecule has 2 aromatic carbocycles. The molecule has 0 saturated carbocycles. The minimum atomic E-state index is -0.807. The molecular formula is C18H18N2O2S. The Morgan fingerprint density at radius 3 is 2.43 bits per heavy atom. The number of hydrogen-bond acceptors (Lipinski definition) is 4. The molecule has 0 fully saturated rings. The summed E-state index contributed by atoms with van der Waals surface area (Å²) in [5.41, 5.74) is 6.50. The second kappa shape index (κ2) is 6.10. The Morgan fingerprint density at radius 2 is 1.78 bits per heavy atom. The Morgan fingerprint density at radius 1 is 1.13 bits per heavy atom. The molecule has 0 aliphatic rings. The normalized spacial score (nSPS) is 13.1. The van der Waals surface area contributed by atoms with Crippen molar-refractivity contribution in [2.75, 3.05) is 0 Å². The van der Waals surface area contributed by atoms with Crippen LogP contribution in [0.25, 0.3) is 10.2 Å². The predicted octanol–water partition coefficient (Wildman–Crippen LogP) is 3.77. The van der Waals surface area contributed by atoms with Gasteiger partial charge in [0, 0.05) is 0 Å². The lowest BCUT2D eigenvalue weighted by molar-refractivity contribution is -0.143. The molecule has 4 nitrogen and oxygen atoms in total. The monoisotopic (exact) mass is 326 g/mol. The zero-order chi connectivity index (χ0) is 16.4. The van der Waals surface area contributed by atoms with Crippen LogP contribution in [0.3, 0.4) is 0 Å². The van der Waals surface area contributed by atoms with E-state index >= 15 is 0 Å². The second-order valence-electron chi connectivity index (χ2n) is 5.81. The Hall–Kier alpha value is -2.24. The van der Waals surface area contributed by atoms with Crippen LogP contribution in [0.15, 0.2) is 54.6 Å². The number of amides is 1.